The van der Waals surface area contributed by atoms with Gasteiger partial charge in [0.2, 0.25) is 0 Å². The lowest BCUT2D eigenvalue weighted by atomic mass is 10.1. The van der Waals surface area contributed by atoms with Crippen LogP contribution in [0.1, 0.15) is 5.56 Å². The molecule has 3 nitrogen and oxygen atoms in total. The number of aromatic nitrogens is 2. The fourth-order valence-electron chi connectivity index (χ4n) is 2.27. The van der Waals surface area contributed by atoms with Crippen molar-refractivity contribution in [1.82, 2.24) is 9.55 Å². The van der Waals surface area contributed by atoms with Crippen molar-refractivity contribution in [2.75, 3.05) is 0 Å². The molecule has 0 saturated heterocycles. The first-order valence-electron chi connectivity index (χ1n) is 6.36. The Balaban J connectivity index is 2.15. The standard InChI is InChI=1S/C16H14FN3/c17-14-6-3-5-12(8-14)16-10-19-11-20(16)15-7-2-1-4-13(15)9-18/h1-8,10-11H,9,18H2. The van der Waals surface area contributed by atoms with Crippen LogP contribution in [0.25, 0.3) is 16.9 Å². The molecule has 0 radical (unpaired) electrons. The topological polar surface area (TPSA) is 43.8 Å². The highest BCUT2D eigenvalue weighted by molar-refractivity contribution is 5.62. The van der Waals surface area contributed by atoms with Crippen LogP contribution in [0.2, 0.25) is 0 Å². The first-order valence-corrected chi connectivity index (χ1v) is 6.36. The van der Waals surface area contributed by atoms with Crippen LogP contribution in [0.15, 0.2) is 61.1 Å². The molecule has 4 heteroatoms. The van der Waals surface area contributed by atoms with E-state index in [0.29, 0.717) is 6.54 Å². The Morgan fingerprint density at radius 1 is 1.10 bits per heavy atom. The van der Waals surface area contributed by atoms with E-state index < -0.39 is 0 Å². The molecule has 0 aliphatic heterocycles. The number of rotatable bonds is 3. The molecule has 0 aliphatic carbocycles. The summed E-state index contributed by atoms with van der Waals surface area (Å²) < 4.78 is 15.3. The zero-order valence-electron chi connectivity index (χ0n) is 10.8. The number of hydrogen-bond donors (Lipinski definition) is 1. The Hall–Kier alpha value is -2.46. The van der Waals surface area contributed by atoms with Crippen LogP contribution in [-0.2, 0) is 6.54 Å². The lowest BCUT2D eigenvalue weighted by molar-refractivity contribution is 0.628. The van der Waals surface area contributed by atoms with Crippen LogP contribution >= 0.6 is 0 Å². The summed E-state index contributed by atoms with van der Waals surface area (Å²) in [5.74, 6) is -0.262. The first kappa shape index (κ1) is 12.6. The molecule has 20 heavy (non-hydrogen) atoms. The van der Waals surface area contributed by atoms with E-state index >= 15 is 0 Å². The predicted octanol–water partition coefficient (Wildman–Crippen LogP) is 3.14. The molecule has 1 aromatic heterocycles. The lowest BCUT2D eigenvalue weighted by Crippen LogP contribution is -2.04. The molecule has 0 bridgehead atoms. The normalized spacial score (nSPS) is 10.7. The quantitative estimate of drug-likeness (QED) is 0.792. The SMILES string of the molecule is NCc1ccccc1-n1cncc1-c1cccc(F)c1. The highest BCUT2D eigenvalue weighted by atomic mass is 19.1. The van der Waals surface area contributed by atoms with E-state index in [0.717, 1.165) is 22.5 Å². The molecule has 2 N–H and O–H groups in total. The number of nitrogens with zero attached hydrogens (tertiary/aromatic N) is 2. The summed E-state index contributed by atoms with van der Waals surface area (Å²) in [5, 5.41) is 0. The van der Waals surface area contributed by atoms with E-state index in [4.69, 9.17) is 5.73 Å². The van der Waals surface area contributed by atoms with Gasteiger partial charge in [-0.1, -0.05) is 30.3 Å². The van der Waals surface area contributed by atoms with Gasteiger partial charge >= 0.3 is 0 Å². The molecular weight excluding hydrogens is 253 g/mol. The van der Waals surface area contributed by atoms with Crippen LogP contribution in [0, 0.1) is 5.82 Å². The van der Waals surface area contributed by atoms with Gasteiger partial charge < -0.3 is 5.73 Å². The van der Waals surface area contributed by atoms with E-state index in [2.05, 4.69) is 4.98 Å². The smallest absolute Gasteiger partial charge is 0.123 e. The second-order valence-corrected chi connectivity index (χ2v) is 4.49. The maximum atomic E-state index is 13.4. The van der Waals surface area contributed by atoms with E-state index in [1.807, 2.05) is 34.9 Å². The third-order valence-electron chi connectivity index (χ3n) is 3.23. The Morgan fingerprint density at radius 3 is 2.75 bits per heavy atom. The Morgan fingerprint density at radius 2 is 1.95 bits per heavy atom. The summed E-state index contributed by atoms with van der Waals surface area (Å²) in [6.07, 6.45) is 3.44. The number of imidazole rings is 1. The fraction of sp³-hybridized carbons (Fsp3) is 0.0625. The molecule has 0 unspecified atom stereocenters. The van der Waals surface area contributed by atoms with Gasteiger partial charge in [0.1, 0.15) is 5.82 Å². The van der Waals surface area contributed by atoms with Gasteiger partial charge in [-0.05, 0) is 23.8 Å². The van der Waals surface area contributed by atoms with Gasteiger partial charge in [-0.2, -0.15) is 0 Å². The third-order valence-corrected chi connectivity index (χ3v) is 3.23. The molecule has 0 fully saturated rings. The molecule has 0 spiro atoms. The average Bonchev–Trinajstić information content (AvgIpc) is 2.96. The number of halogens is 1. The van der Waals surface area contributed by atoms with E-state index in [1.165, 1.54) is 12.1 Å². The molecule has 0 aliphatic rings. The van der Waals surface area contributed by atoms with Crippen LogP contribution in [0.3, 0.4) is 0 Å². The summed E-state index contributed by atoms with van der Waals surface area (Å²) >= 11 is 0. The molecule has 1 heterocycles. The molecule has 2 aromatic carbocycles. The third kappa shape index (κ3) is 2.21. The summed E-state index contributed by atoms with van der Waals surface area (Å²) in [6, 6.07) is 14.3. The summed E-state index contributed by atoms with van der Waals surface area (Å²) in [7, 11) is 0. The lowest BCUT2D eigenvalue weighted by Gasteiger charge is -2.12. The molecule has 3 aromatic rings. The van der Waals surface area contributed by atoms with Crippen molar-refractivity contribution < 1.29 is 4.39 Å². The van der Waals surface area contributed by atoms with E-state index in [-0.39, 0.29) is 5.82 Å². The number of nitrogens with two attached hydrogens (primary N) is 1. The first-order chi connectivity index (χ1) is 9.79. The van der Waals surface area contributed by atoms with Crippen LogP contribution in [0.5, 0.6) is 0 Å². The van der Waals surface area contributed by atoms with Crippen molar-refractivity contribution in [3.8, 4) is 16.9 Å². The second-order valence-electron chi connectivity index (χ2n) is 4.49. The molecule has 0 amide bonds. The molecular formula is C16H14FN3. The number of hydrogen-bond acceptors (Lipinski definition) is 2. The van der Waals surface area contributed by atoms with Gasteiger partial charge in [-0.3, -0.25) is 4.57 Å². The van der Waals surface area contributed by atoms with Crippen molar-refractivity contribution >= 4 is 0 Å². The minimum absolute atomic E-state index is 0.262. The van der Waals surface area contributed by atoms with Gasteiger partial charge in [0.25, 0.3) is 0 Å². The van der Waals surface area contributed by atoms with Crippen LogP contribution < -0.4 is 5.73 Å². The Bertz CT molecular complexity index is 734. The second kappa shape index (κ2) is 5.27. The maximum Gasteiger partial charge on any atom is 0.123 e. The van der Waals surface area contributed by atoms with Crippen LogP contribution in [0.4, 0.5) is 4.39 Å². The molecule has 0 saturated carbocycles. The largest absolute Gasteiger partial charge is 0.326 e. The fourth-order valence-corrected chi connectivity index (χ4v) is 2.27. The average molecular weight is 267 g/mol. The maximum absolute atomic E-state index is 13.4. The minimum Gasteiger partial charge on any atom is -0.326 e. The molecule has 3 rings (SSSR count). The summed E-state index contributed by atoms with van der Waals surface area (Å²) in [6.45, 7) is 0.441. The number of benzene rings is 2. The zero-order chi connectivity index (χ0) is 13.9. The summed E-state index contributed by atoms with van der Waals surface area (Å²) in [4.78, 5) is 4.18. The summed E-state index contributed by atoms with van der Waals surface area (Å²) in [5.41, 5.74) is 9.38. The molecule has 0 atom stereocenters. The number of para-hydroxylation sites is 1. The van der Waals surface area contributed by atoms with Gasteiger partial charge in [-0.25, -0.2) is 9.37 Å². The van der Waals surface area contributed by atoms with Gasteiger partial charge in [0.05, 0.1) is 23.9 Å². The monoisotopic (exact) mass is 267 g/mol. The predicted molar refractivity (Wildman–Crippen MR) is 76.8 cm³/mol. The zero-order valence-corrected chi connectivity index (χ0v) is 10.8. The Labute approximate surface area is 116 Å². The van der Waals surface area contributed by atoms with Crippen LogP contribution in [-0.4, -0.2) is 9.55 Å². The minimum atomic E-state index is -0.262. The van der Waals surface area contributed by atoms with Crippen molar-refractivity contribution in [3.63, 3.8) is 0 Å². The van der Waals surface area contributed by atoms with Crippen molar-refractivity contribution in [2.45, 2.75) is 6.54 Å². The van der Waals surface area contributed by atoms with E-state index in [1.54, 1.807) is 18.6 Å². The Kier molecular flexibility index (Phi) is 3.31. The highest BCUT2D eigenvalue weighted by Gasteiger charge is 2.10. The van der Waals surface area contributed by atoms with E-state index in [9.17, 15) is 4.39 Å². The highest BCUT2D eigenvalue weighted by Crippen LogP contribution is 2.24. The van der Waals surface area contributed by atoms with Gasteiger partial charge in [0, 0.05) is 12.1 Å². The van der Waals surface area contributed by atoms with Crippen molar-refractivity contribution in [1.29, 1.82) is 0 Å². The van der Waals surface area contributed by atoms with Gasteiger partial charge in [0.15, 0.2) is 0 Å². The van der Waals surface area contributed by atoms with Crippen molar-refractivity contribution in [3.05, 3.63) is 72.4 Å². The van der Waals surface area contributed by atoms with Gasteiger partial charge in [-0.15, -0.1) is 0 Å². The van der Waals surface area contributed by atoms with Crippen molar-refractivity contribution in [2.24, 2.45) is 5.73 Å². The molecule has 100 valence electrons.